The van der Waals surface area contributed by atoms with Gasteiger partial charge in [-0.3, -0.25) is 28.7 Å². The number of imidazole rings is 1. The number of carbonyl (C=O) groups excluding carboxylic acids is 4. The normalized spacial score (nSPS) is 15.2. The molecule has 5 aromatic heterocycles. The summed E-state index contributed by atoms with van der Waals surface area (Å²) in [5.74, 6) is -0.825. The molecule has 1 atom stereocenters. The van der Waals surface area contributed by atoms with Crippen LogP contribution < -0.4 is 21.7 Å². The van der Waals surface area contributed by atoms with Crippen LogP contribution in [0.2, 0.25) is 0 Å². The summed E-state index contributed by atoms with van der Waals surface area (Å²) in [5.41, 5.74) is 11.0. The zero-order valence-electron chi connectivity index (χ0n) is 42.3. The molecular formula is C55H52F3N15O5. The summed E-state index contributed by atoms with van der Waals surface area (Å²) in [7, 11) is 3.82. The average molecular weight is 1060 g/mol. The van der Waals surface area contributed by atoms with Gasteiger partial charge in [-0.2, -0.15) is 23.3 Å². The van der Waals surface area contributed by atoms with Crippen LogP contribution in [0, 0.1) is 0 Å². The quantitative estimate of drug-likeness (QED) is 0.0648. The number of rotatable bonds is 14. The molecule has 0 radical (unpaired) electrons. The third-order valence-corrected chi connectivity index (χ3v) is 13.1. The summed E-state index contributed by atoms with van der Waals surface area (Å²) < 4.78 is 47.2. The number of fused-ring (bicyclic) bond motifs is 2. The molecule has 0 aliphatic carbocycles. The van der Waals surface area contributed by atoms with Gasteiger partial charge in [0, 0.05) is 84.4 Å². The topological polar surface area (TPSA) is 247 Å². The number of hydrogen-bond donors (Lipinski definition) is 5. The van der Waals surface area contributed by atoms with Gasteiger partial charge in [-0.25, -0.2) is 19.9 Å². The second kappa shape index (κ2) is 22.5. The number of aromatic amines is 1. The number of nitrogens with two attached hydrogens (primary N) is 1. The number of piperidine rings is 1. The van der Waals surface area contributed by atoms with E-state index < -0.39 is 29.6 Å². The van der Waals surface area contributed by atoms with E-state index in [0.29, 0.717) is 113 Å². The highest BCUT2D eigenvalue weighted by molar-refractivity contribution is 6.05. The SMILES string of the molecule is CN(C)C/C=C/C(=O)N1CCCC[C@H]1c1nc(-c2ccc(C(=O)Nc3cc(C(F)(F)F)ccn3)cc2)c2c(N)nc(/C=C\C(=O)Nc3cccc(-c4nc(Nc5ccc(C(=O)N6CCOCC6)cc5)nc5[nH]ncc45)c3)cn12. The molecule has 2 aliphatic rings. The van der Waals surface area contributed by atoms with Crippen LogP contribution in [0.5, 0.6) is 0 Å². The summed E-state index contributed by atoms with van der Waals surface area (Å²) in [6.45, 7) is 3.14. The molecule has 23 heteroatoms. The number of hydrogen-bond acceptors (Lipinski definition) is 14. The van der Waals surface area contributed by atoms with Gasteiger partial charge in [0.25, 0.3) is 11.8 Å². The van der Waals surface area contributed by atoms with Crippen molar-refractivity contribution in [3.63, 3.8) is 0 Å². The van der Waals surface area contributed by atoms with Crippen molar-refractivity contribution in [2.45, 2.75) is 31.5 Å². The summed E-state index contributed by atoms with van der Waals surface area (Å²) >= 11 is 0. The van der Waals surface area contributed by atoms with E-state index in [2.05, 4.69) is 41.1 Å². The van der Waals surface area contributed by atoms with Crippen LogP contribution in [0.15, 0.2) is 122 Å². The number of nitrogens with one attached hydrogen (secondary N) is 4. The summed E-state index contributed by atoms with van der Waals surface area (Å²) in [6, 6.07) is 21.6. The van der Waals surface area contributed by atoms with E-state index in [-0.39, 0.29) is 35.0 Å². The number of H-pyrrole nitrogens is 1. The Labute approximate surface area is 444 Å². The highest BCUT2D eigenvalue weighted by Crippen LogP contribution is 2.37. The van der Waals surface area contributed by atoms with Crippen LogP contribution in [0.25, 0.3) is 45.1 Å². The molecule has 4 amide bonds. The van der Waals surface area contributed by atoms with Gasteiger partial charge in [0.05, 0.1) is 47.8 Å². The fourth-order valence-electron chi connectivity index (χ4n) is 9.24. The van der Waals surface area contributed by atoms with E-state index in [1.807, 2.05) is 25.1 Å². The van der Waals surface area contributed by atoms with E-state index in [4.69, 9.17) is 20.4 Å². The standard InChI is InChI=1S/C55H52F3N15O5/c1-70(2)23-6-10-45(75)72-24-4-3-9-42(72)51-66-47(33-11-13-34(14-12-33)52(76)65-43-30-37(21-22-60-43)55(56,57)58)48-49(59)63-40(32-73(48)51)19-20-44(74)62-39-8-5-7-36(29-39)46-41-31-61-69-50(41)68-54(67-46)64-38-17-15-35(16-18-38)53(77)71-25-27-78-28-26-71/h5-8,10-22,29-32,42H,3-4,9,23-28H2,1-2H3,(H2,59,63)(H,62,74)(H,60,65,76)(H2,61,64,67,68,69)/b10-6+,20-19-/t42-/m0/s1. The molecule has 398 valence electrons. The highest BCUT2D eigenvalue weighted by atomic mass is 19.4. The molecule has 0 unspecified atom stereocenters. The fourth-order valence-corrected chi connectivity index (χ4v) is 9.24. The van der Waals surface area contributed by atoms with Gasteiger partial charge in [0.15, 0.2) is 11.5 Å². The van der Waals surface area contributed by atoms with Crippen LogP contribution in [0.3, 0.4) is 0 Å². The predicted molar refractivity (Wildman–Crippen MR) is 287 cm³/mol. The number of carbonyl (C=O) groups is 4. The van der Waals surface area contributed by atoms with E-state index in [0.717, 1.165) is 31.2 Å². The molecule has 10 rings (SSSR count). The van der Waals surface area contributed by atoms with Crippen molar-refractivity contribution in [3.8, 4) is 22.5 Å². The lowest BCUT2D eigenvalue weighted by Crippen LogP contribution is -2.40. The minimum Gasteiger partial charge on any atom is -0.382 e. The molecular weight excluding hydrogens is 1010 g/mol. The monoisotopic (exact) mass is 1060 g/mol. The zero-order chi connectivity index (χ0) is 54.5. The lowest BCUT2D eigenvalue weighted by molar-refractivity contribution is -0.137. The Morgan fingerprint density at radius 2 is 1.63 bits per heavy atom. The summed E-state index contributed by atoms with van der Waals surface area (Å²) in [6.07, 6.45) is 8.07. The van der Waals surface area contributed by atoms with Gasteiger partial charge in [-0.1, -0.05) is 30.3 Å². The maximum absolute atomic E-state index is 13.8. The van der Waals surface area contributed by atoms with Crippen molar-refractivity contribution in [2.75, 3.05) is 75.2 Å². The Morgan fingerprint density at radius 1 is 0.846 bits per heavy atom. The van der Waals surface area contributed by atoms with Crippen molar-refractivity contribution in [2.24, 2.45) is 0 Å². The molecule has 2 saturated heterocycles. The predicted octanol–water partition coefficient (Wildman–Crippen LogP) is 8.02. The van der Waals surface area contributed by atoms with Crippen molar-refractivity contribution in [3.05, 3.63) is 150 Å². The van der Waals surface area contributed by atoms with Gasteiger partial charge >= 0.3 is 6.18 Å². The number of aromatic nitrogens is 8. The second-order valence-corrected chi connectivity index (χ2v) is 18.8. The lowest BCUT2D eigenvalue weighted by atomic mass is 10.0. The first-order valence-electron chi connectivity index (χ1n) is 25.0. The molecule has 78 heavy (non-hydrogen) atoms. The van der Waals surface area contributed by atoms with Gasteiger partial charge in [-0.05, 0) is 100 Å². The third kappa shape index (κ3) is 11.7. The van der Waals surface area contributed by atoms with Crippen molar-refractivity contribution in [1.82, 2.24) is 54.2 Å². The van der Waals surface area contributed by atoms with Crippen LogP contribution in [0.4, 0.5) is 42.1 Å². The van der Waals surface area contributed by atoms with Crippen molar-refractivity contribution in [1.29, 1.82) is 0 Å². The average Bonchev–Trinajstić information content (AvgIpc) is 4.13. The number of benzene rings is 3. The number of nitrogens with zero attached hydrogens (tertiary/aromatic N) is 10. The molecule has 8 aromatic rings. The number of pyridine rings is 1. The molecule has 7 heterocycles. The number of amides is 4. The highest BCUT2D eigenvalue weighted by Gasteiger charge is 2.33. The third-order valence-electron chi connectivity index (χ3n) is 13.1. The van der Waals surface area contributed by atoms with Gasteiger partial charge in [-0.15, -0.1) is 0 Å². The number of likely N-dealkylation sites (N-methyl/N-ethyl adjacent to an activating group) is 1. The first-order valence-corrected chi connectivity index (χ1v) is 25.0. The first-order chi connectivity index (χ1) is 37.6. The van der Waals surface area contributed by atoms with E-state index in [1.54, 1.807) is 93.3 Å². The molecule has 20 nitrogen and oxygen atoms in total. The fraction of sp³-hybridized carbons (Fsp3) is 0.236. The second-order valence-electron chi connectivity index (χ2n) is 18.8. The Balaban J connectivity index is 0.902. The Hall–Kier alpha value is -9.35. The minimum atomic E-state index is -4.62. The van der Waals surface area contributed by atoms with Crippen LogP contribution in [0.1, 0.15) is 63.1 Å². The molecule has 3 aromatic carbocycles. The van der Waals surface area contributed by atoms with Crippen LogP contribution in [-0.4, -0.2) is 131 Å². The number of anilines is 5. The summed E-state index contributed by atoms with van der Waals surface area (Å²) in [4.78, 5) is 82.2. The van der Waals surface area contributed by atoms with Gasteiger partial charge in [0.2, 0.25) is 17.8 Å². The number of likely N-dealkylation sites (tertiary alicyclic amines) is 1. The Bertz CT molecular complexity index is 3610. The molecule has 0 saturated carbocycles. The molecule has 2 aliphatic heterocycles. The van der Waals surface area contributed by atoms with Crippen molar-refractivity contribution < 1.29 is 37.1 Å². The zero-order valence-corrected chi connectivity index (χ0v) is 42.3. The van der Waals surface area contributed by atoms with Crippen molar-refractivity contribution >= 4 is 75.2 Å². The van der Waals surface area contributed by atoms with Crippen LogP contribution in [-0.2, 0) is 20.5 Å². The number of morpholine rings is 1. The number of ether oxygens (including phenoxy) is 1. The van der Waals surface area contributed by atoms with E-state index >= 15 is 0 Å². The minimum absolute atomic E-state index is 0.0659. The number of nitrogen functional groups attached to an aromatic ring is 1. The van der Waals surface area contributed by atoms with Crippen LogP contribution >= 0.6 is 0 Å². The Kier molecular flexibility index (Phi) is 15.0. The Morgan fingerprint density at radius 3 is 2.40 bits per heavy atom. The molecule has 0 spiro atoms. The smallest absolute Gasteiger partial charge is 0.382 e. The lowest BCUT2D eigenvalue weighted by Gasteiger charge is -2.34. The molecule has 6 N–H and O–H groups in total. The molecule has 0 bridgehead atoms. The van der Waals surface area contributed by atoms with Gasteiger partial charge in [0.1, 0.15) is 22.9 Å². The maximum atomic E-state index is 13.8. The number of halogens is 3. The first kappa shape index (κ1) is 52.1. The molecule has 2 fully saturated rings. The van der Waals surface area contributed by atoms with Gasteiger partial charge < -0.3 is 41.1 Å². The summed E-state index contributed by atoms with van der Waals surface area (Å²) in [5, 5.41) is 16.3. The van der Waals surface area contributed by atoms with E-state index in [1.165, 1.54) is 24.3 Å². The van der Waals surface area contributed by atoms with E-state index in [9.17, 15) is 32.3 Å². The maximum Gasteiger partial charge on any atom is 0.416 e. The number of alkyl halides is 3. The largest absolute Gasteiger partial charge is 0.416 e.